The highest BCUT2D eigenvalue weighted by atomic mass is 32.2. The Balaban J connectivity index is 1.65. The van der Waals surface area contributed by atoms with Crippen LogP contribution in [0.5, 0.6) is 0 Å². The minimum atomic E-state index is -0.202. The molecule has 2 atom stereocenters. The lowest BCUT2D eigenvalue weighted by atomic mass is 9.88. The minimum Gasteiger partial charge on any atom is -0.348 e. The standard InChI is InChI=1S/C15H18N4OS/c1-10(21-15-16-9-17-19-15)14(20)18-13-8-4-6-11-5-2-3-7-12(11)13/h2-3,5,7,9-10,13H,4,6,8H2,1H3,(H,18,20)(H,16,17,19)/t10-,13-/m1/s1. The van der Waals surface area contributed by atoms with E-state index in [-0.39, 0.29) is 17.2 Å². The number of carbonyl (C=O) groups excluding carboxylic acids is 1. The van der Waals surface area contributed by atoms with Crippen molar-refractivity contribution in [3.63, 3.8) is 0 Å². The summed E-state index contributed by atoms with van der Waals surface area (Å²) >= 11 is 1.39. The Morgan fingerprint density at radius 1 is 1.48 bits per heavy atom. The van der Waals surface area contributed by atoms with Crippen molar-refractivity contribution >= 4 is 17.7 Å². The second-order valence-electron chi connectivity index (χ2n) is 5.20. The third kappa shape index (κ3) is 3.26. The van der Waals surface area contributed by atoms with E-state index in [1.54, 1.807) is 0 Å². The number of aromatic nitrogens is 3. The summed E-state index contributed by atoms with van der Waals surface area (Å²) in [6.45, 7) is 1.89. The Hall–Kier alpha value is -1.82. The van der Waals surface area contributed by atoms with Gasteiger partial charge in [0.1, 0.15) is 6.33 Å². The molecule has 1 aliphatic carbocycles. The maximum absolute atomic E-state index is 12.4. The van der Waals surface area contributed by atoms with Gasteiger partial charge in [-0.05, 0) is 37.3 Å². The molecule has 0 unspecified atom stereocenters. The number of carbonyl (C=O) groups is 1. The van der Waals surface area contributed by atoms with E-state index >= 15 is 0 Å². The quantitative estimate of drug-likeness (QED) is 0.851. The maximum atomic E-state index is 12.4. The summed E-state index contributed by atoms with van der Waals surface area (Å²) in [6, 6.07) is 8.50. The zero-order valence-electron chi connectivity index (χ0n) is 11.9. The molecule has 0 bridgehead atoms. The van der Waals surface area contributed by atoms with Crippen LogP contribution in [0.4, 0.5) is 0 Å². The molecule has 0 saturated heterocycles. The van der Waals surface area contributed by atoms with Gasteiger partial charge < -0.3 is 5.32 Å². The summed E-state index contributed by atoms with van der Waals surface area (Å²) in [5, 5.41) is 10.2. The van der Waals surface area contributed by atoms with Gasteiger partial charge in [-0.25, -0.2) is 4.98 Å². The molecule has 1 heterocycles. The molecule has 21 heavy (non-hydrogen) atoms. The van der Waals surface area contributed by atoms with Crippen LogP contribution in [0.1, 0.15) is 36.9 Å². The van der Waals surface area contributed by atoms with E-state index in [2.05, 4.69) is 38.7 Å². The second-order valence-corrected chi connectivity index (χ2v) is 6.53. The Morgan fingerprint density at radius 2 is 2.33 bits per heavy atom. The number of nitrogens with one attached hydrogen (secondary N) is 2. The average molecular weight is 302 g/mol. The predicted octanol–water partition coefficient (Wildman–Crippen LogP) is 2.48. The third-order valence-electron chi connectivity index (χ3n) is 3.74. The molecular formula is C15H18N4OS. The number of nitrogens with zero attached hydrogens (tertiary/aromatic N) is 2. The summed E-state index contributed by atoms with van der Waals surface area (Å²) in [5.41, 5.74) is 2.61. The molecule has 3 rings (SSSR count). The van der Waals surface area contributed by atoms with Gasteiger partial charge in [0, 0.05) is 0 Å². The Labute approximate surface area is 127 Å². The van der Waals surface area contributed by atoms with Crippen LogP contribution in [0, 0.1) is 0 Å². The summed E-state index contributed by atoms with van der Waals surface area (Å²) in [7, 11) is 0. The van der Waals surface area contributed by atoms with Crippen LogP contribution >= 0.6 is 11.8 Å². The van der Waals surface area contributed by atoms with Crippen LogP contribution in [-0.2, 0) is 11.2 Å². The Bertz CT molecular complexity index is 614. The van der Waals surface area contributed by atoms with Crippen LogP contribution in [0.2, 0.25) is 0 Å². The smallest absolute Gasteiger partial charge is 0.233 e. The number of aryl methyl sites for hydroxylation is 1. The van der Waals surface area contributed by atoms with Crippen LogP contribution in [0.15, 0.2) is 35.7 Å². The zero-order chi connectivity index (χ0) is 14.7. The molecule has 2 aromatic rings. The van der Waals surface area contributed by atoms with Crippen LogP contribution in [0.3, 0.4) is 0 Å². The van der Waals surface area contributed by atoms with Crippen molar-refractivity contribution in [1.29, 1.82) is 0 Å². The van der Waals surface area contributed by atoms with Crippen molar-refractivity contribution in [1.82, 2.24) is 20.5 Å². The molecule has 5 nitrogen and oxygen atoms in total. The summed E-state index contributed by atoms with van der Waals surface area (Å²) in [5.74, 6) is 0.0399. The van der Waals surface area contributed by atoms with Gasteiger partial charge >= 0.3 is 0 Å². The highest BCUT2D eigenvalue weighted by molar-refractivity contribution is 8.00. The monoisotopic (exact) mass is 302 g/mol. The van der Waals surface area contributed by atoms with Gasteiger partial charge in [-0.2, -0.15) is 5.10 Å². The first-order valence-corrected chi connectivity index (χ1v) is 8.02. The molecule has 0 spiro atoms. The van der Waals surface area contributed by atoms with Gasteiger partial charge in [0.15, 0.2) is 5.16 Å². The second kappa shape index (κ2) is 6.30. The molecule has 110 valence electrons. The first-order chi connectivity index (χ1) is 10.2. The number of amides is 1. The van der Waals surface area contributed by atoms with Crippen LogP contribution < -0.4 is 5.32 Å². The fourth-order valence-electron chi connectivity index (χ4n) is 2.66. The minimum absolute atomic E-state index is 0.0399. The summed E-state index contributed by atoms with van der Waals surface area (Å²) < 4.78 is 0. The number of hydrogen-bond donors (Lipinski definition) is 2. The molecule has 1 aromatic heterocycles. The van der Waals surface area contributed by atoms with E-state index in [0.29, 0.717) is 5.16 Å². The number of rotatable bonds is 4. The highest BCUT2D eigenvalue weighted by Gasteiger charge is 2.24. The number of hydrogen-bond acceptors (Lipinski definition) is 4. The van der Waals surface area contributed by atoms with Crippen molar-refractivity contribution in [2.75, 3.05) is 0 Å². The number of H-pyrrole nitrogens is 1. The molecule has 2 N–H and O–H groups in total. The fraction of sp³-hybridized carbons (Fsp3) is 0.400. The van der Waals surface area contributed by atoms with Gasteiger partial charge in [-0.1, -0.05) is 36.0 Å². The van der Waals surface area contributed by atoms with Gasteiger partial charge in [0.05, 0.1) is 11.3 Å². The van der Waals surface area contributed by atoms with Gasteiger partial charge in [0.2, 0.25) is 5.91 Å². The normalized spacial score (nSPS) is 18.8. The average Bonchev–Trinajstić information content (AvgIpc) is 3.00. The first-order valence-electron chi connectivity index (χ1n) is 7.14. The van der Waals surface area contributed by atoms with E-state index in [4.69, 9.17) is 0 Å². The van der Waals surface area contributed by atoms with E-state index < -0.39 is 0 Å². The summed E-state index contributed by atoms with van der Waals surface area (Å²) in [6.07, 6.45) is 4.67. The predicted molar refractivity (Wildman–Crippen MR) is 82.0 cm³/mol. The molecule has 0 aliphatic heterocycles. The first kappa shape index (κ1) is 14.1. The fourth-order valence-corrected chi connectivity index (χ4v) is 3.39. The van der Waals surface area contributed by atoms with Gasteiger partial charge in [0.25, 0.3) is 0 Å². The third-order valence-corrected chi connectivity index (χ3v) is 4.72. The lowest BCUT2D eigenvalue weighted by molar-refractivity contribution is -0.121. The SMILES string of the molecule is C[C@@H](Sc1ncn[nH]1)C(=O)N[C@@H]1CCCc2ccccc21. The molecule has 6 heteroatoms. The molecule has 1 amide bonds. The molecular weight excluding hydrogens is 284 g/mol. The van der Waals surface area contributed by atoms with Crippen molar-refractivity contribution in [2.45, 2.75) is 42.6 Å². The van der Waals surface area contributed by atoms with Crippen molar-refractivity contribution in [3.05, 3.63) is 41.7 Å². The van der Waals surface area contributed by atoms with E-state index in [0.717, 1.165) is 19.3 Å². The maximum Gasteiger partial charge on any atom is 0.233 e. The highest BCUT2D eigenvalue weighted by Crippen LogP contribution is 2.30. The van der Waals surface area contributed by atoms with E-state index in [1.165, 1.54) is 29.2 Å². The largest absolute Gasteiger partial charge is 0.348 e. The molecule has 1 aliphatic rings. The van der Waals surface area contributed by atoms with Crippen molar-refractivity contribution in [2.24, 2.45) is 0 Å². The van der Waals surface area contributed by atoms with Crippen LogP contribution in [0.25, 0.3) is 0 Å². The number of benzene rings is 1. The Morgan fingerprint density at radius 3 is 3.14 bits per heavy atom. The van der Waals surface area contributed by atoms with E-state index in [1.807, 2.05) is 13.0 Å². The van der Waals surface area contributed by atoms with Crippen LogP contribution in [-0.4, -0.2) is 26.3 Å². The molecule has 0 radical (unpaired) electrons. The Kier molecular flexibility index (Phi) is 4.24. The molecule has 0 fully saturated rings. The topological polar surface area (TPSA) is 70.7 Å². The molecule has 0 saturated carbocycles. The zero-order valence-corrected chi connectivity index (χ0v) is 12.7. The van der Waals surface area contributed by atoms with Gasteiger partial charge in [-0.15, -0.1) is 0 Å². The lowest BCUT2D eigenvalue weighted by Crippen LogP contribution is -2.35. The number of aromatic amines is 1. The number of fused-ring (bicyclic) bond motifs is 1. The number of thioether (sulfide) groups is 1. The van der Waals surface area contributed by atoms with Crippen molar-refractivity contribution < 1.29 is 4.79 Å². The van der Waals surface area contributed by atoms with E-state index in [9.17, 15) is 4.79 Å². The van der Waals surface area contributed by atoms with Crippen molar-refractivity contribution in [3.8, 4) is 0 Å². The summed E-state index contributed by atoms with van der Waals surface area (Å²) in [4.78, 5) is 16.4. The molecule has 1 aromatic carbocycles. The van der Waals surface area contributed by atoms with Gasteiger partial charge in [-0.3, -0.25) is 9.89 Å². The lowest BCUT2D eigenvalue weighted by Gasteiger charge is -2.27.